The lowest BCUT2D eigenvalue weighted by Crippen LogP contribution is -2.14. The first-order valence-electron chi connectivity index (χ1n) is 4.91. The van der Waals surface area contributed by atoms with Gasteiger partial charge in [0.25, 0.3) is 0 Å². The number of hydrogen-bond acceptors (Lipinski definition) is 1. The summed E-state index contributed by atoms with van der Waals surface area (Å²) in [6.07, 6.45) is -2.23. The third-order valence-corrected chi connectivity index (χ3v) is 2.73. The smallest absolute Gasteiger partial charge is 0.324 e. The maximum absolute atomic E-state index is 12.4. The van der Waals surface area contributed by atoms with Crippen LogP contribution >= 0.6 is 12.4 Å². The van der Waals surface area contributed by atoms with Crippen molar-refractivity contribution in [2.24, 2.45) is 11.7 Å². The Hall–Kier alpha value is -0.740. The van der Waals surface area contributed by atoms with Crippen molar-refractivity contribution in [3.63, 3.8) is 0 Å². The molecule has 1 aliphatic rings. The minimum Gasteiger partial charge on any atom is -0.324 e. The van der Waals surface area contributed by atoms with Crippen LogP contribution in [0.15, 0.2) is 24.3 Å². The van der Waals surface area contributed by atoms with Gasteiger partial charge in [-0.1, -0.05) is 12.1 Å². The Morgan fingerprint density at radius 3 is 2.38 bits per heavy atom. The molecule has 0 bridgehead atoms. The Bertz CT molecular complexity index is 360. The van der Waals surface area contributed by atoms with Crippen LogP contribution in [-0.4, -0.2) is 0 Å². The van der Waals surface area contributed by atoms with Crippen LogP contribution in [0.2, 0.25) is 0 Å². The van der Waals surface area contributed by atoms with Gasteiger partial charge in [0.1, 0.15) is 0 Å². The molecule has 0 aliphatic heterocycles. The molecule has 0 heterocycles. The number of halogens is 4. The highest BCUT2D eigenvalue weighted by Gasteiger charge is 2.33. The summed E-state index contributed by atoms with van der Waals surface area (Å²) in [5.41, 5.74) is 5.82. The van der Waals surface area contributed by atoms with Crippen molar-refractivity contribution in [1.82, 2.24) is 0 Å². The largest absolute Gasteiger partial charge is 0.416 e. The third kappa shape index (κ3) is 2.89. The lowest BCUT2D eigenvalue weighted by molar-refractivity contribution is -0.137. The van der Waals surface area contributed by atoms with E-state index in [-0.39, 0.29) is 18.4 Å². The second-order valence-electron chi connectivity index (χ2n) is 3.99. The SMILES string of the molecule is Cl.N[C@@H](c1cccc(C(F)(F)F)c1)C1CC1. The number of nitrogens with two attached hydrogens (primary N) is 1. The predicted octanol–water partition coefficient (Wildman–Crippen LogP) is 3.54. The standard InChI is InChI=1S/C11H12F3N.ClH/c12-11(13,14)9-3-1-2-8(6-9)10(15)7-4-5-7;/h1-3,6-7,10H,4-5,15H2;1H/t10-;/m1./s1. The second-order valence-corrected chi connectivity index (χ2v) is 3.99. The van der Waals surface area contributed by atoms with E-state index in [1.807, 2.05) is 0 Å². The molecule has 1 aliphatic carbocycles. The summed E-state index contributed by atoms with van der Waals surface area (Å²) < 4.78 is 37.2. The van der Waals surface area contributed by atoms with Crippen LogP contribution < -0.4 is 5.73 Å². The molecule has 0 radical (unpaired) electrons. The van der Waals surface area contributed by atoms with Gasteiger partial charge in [-0.15, -0.1) is 12.4 Å². The average molecular weight is 252 g/mol. The van der Waals surface area contributed by atoms with E-state index in [0.717, 1.165) is 25.0 Å². The van der Waals surface area contributed by atoms with E-state index in [9.17, 15) is 13.2 Å². The predicted molar refractivity (Wildman–Crippen MR) is 58.3 cm³/mol. The lowest BCUT2D eigenvalue weighted by Gasteiger charge is -2.13. The van der Waals surface area contributed by atoms with Crippen molar-refractivity contribution in [2.75, 3.05) is 0 Å². The van der Waals surface area contributed by atoms with E-state index >= 15 is 0 Å². The Kier molecular flexibility index (Phi) is 3.86. The summed E-state index contributed by atoms with van der Waals surface area (Å²) >= 11 is 0. The Morgan fingerprint density at radius 2 is 1.88 bits per heavy atom. The minimum atomic E-state index is -4.28. The Balaban J connectivity index is 0.00000128. The first kappa shape index (κ1) is 13.3. The molecular weight excluding hydrogens is 239 g/mol. The van der Waals surface area contributed by atoms with Gasteiger partial charge in [-0.05, 0) is 36.5 Å². The van der Waals surface area contributed by atoms with Gasteiger partial charge in [-0.25, -0.2) is 0 Å². The molecule has 2 rings (SSSR count). The molecule has 2 N–H and O–H groups in total. The van der Waals surface area contributed by atoms with Gasteiger partial charge in [0.15, 0.2) is 0 Å². The van der Waals surface area contributed by atoms with Crippen molar-refractivity contribution >= 4 is 12.4 Å². The van der Waals surface area contributed by atoms with Crippen molar-refractivity contribution < 1.29 is 13.2 Å². The first-order valence-corrected chi connectivity index (χ1v) is 4.91. The molecule has 1 aromatic carbocycles. The molecule has 0 spiro atoms. The van der Waals surface area contributed by atoms with Crippen LogP contribution in [0.5, 0.6) is 0 Å². The molecule has 1 aromatic rings. The molecule has 90 valence electrons. The van der Waals surface area contributed by atoms with Crippen LogP contribution in [0.1, 0.15) is 30.0 Å². The highest BCUT2D eigenvalue weighted by Crippen LogP contribution is 2.40. The third-order valence-electron chi connectivity index (χ3n) is 2.73. The summed E-state index contributed by atoms with van der Waals surface area (Å²) in [5, 5.41) is 0. The minimum absolute atomic E-state index is 0. The molecule has 1 saturated carbocycles. The number of benzene rings is 1. The fraction of sp³-hybridized carbons (Fsp3) is 0.455. The molecule has 0 aromatic heterocycles. The van der Waals surface area contributed by atoms with E-state index in [1.165, 1.54) is 6.07 Å². The number of alkyl halides is 3. The topological polar surface area (TPSA) is 26.0 Å². The van der Waals surface area contributed by atoms with Crippen molar-refractivity contribution in [2.45, 2.75) is 25.1 Å². The van der Waals surface area contributed by atoms with Gasteiger partial charge in [0, 0.05) is 6.04 Å². The van der Waals surface area contributed by atoms with Crippen LogP contribution in [-0.2, 0) is 6.18 Å². The Labute approximate surface area is 98.2 Å². The van der Waals surface area contributed by atoms with Gasteiger partial charge in [0.2, 0.25) is 0 Å². The van der Waals surface area contributed by atoms with Gasteiger partial charge in [-0.3, -0.25) is 0 Å². The maximum atomic E-state index is 12.4. The fourth-order valence-corrected chi connectivity index (χ4v) is 1.65. The highest BCUT2D eigenvalue weighted by atomic mass is 35.5. The summed E-state index contributed by atoms with van der Waals surface area (Å²) in [4.78, 5) is 0. The van der Waals surface area contributed by atoms with Crippen LogP contribution in [0, 0.1) is 5.92 Å². The van der Waals surface area contributed by atoms with Crippen molar-refractivity contribution in [3.8, 4) is 0 Å². The summed E-state index contributed by atoms with van der Waals surface area (Å²) in [7, 11) is 0. The van der Waals surface area contributed by atoms with Crippen LogP contribution in [0.3, 0.4) is 0 Å². The van der Waals surface area contributed by atoms with Crippen molar-refractivity contribution in [1.29, 1.82) is 0 Å². The van der Waals surface area contributed by atoms with E-state index in [4.69, 9.17) is 5.73 Å². The van der Waals surface area contributed by atoms with Crippen molar-refractivity contribution in [3.05, 3.63) is 35.4 Å². The zero-order valence-corrected chi connectivity index (χ0v) is 9.31. The van der Waals surface area contributed by atoms with E-state index in [1.54, 1.807) is 6.07 Å². The fourth-order valence-electron chi connectivity index (χ4n) is 1.65. The quantitative estimate of drug-likeness (QED) is 0.855. The van der Waals surface area contributed by atoms with E-state index in [0.29, 0.717) is 11.5 Å². The van der Waals surface area contributed by atoms with Gasteiger partial charge in [-0.2, -0.15) is 13.2 Å². The zero-order valence-electron chi connectivity index (χ0n) is 8.50. The van der Waals surface area contributed by atoms with E-state index in [2.05, 4.69) is 0 Å². The molecule has 0 saturated heterocycles. The molecular formula is C11H13ClF3N. The highest BCUT2D eigenvalue weighted by molar-refractivity contribution is 5.85. The Morgan fingerprint density at radius 1 is 1.25 bits per heavy atom. The zero-order chi connectivity index (χ0) is 11.1. The molecule has 5 heteroatoms. The average Bonchev–Trinajstić information content (AvgIpc) is 2.99. The van der Waals surface area contributed by atoms with Crippen LogP contribution in [0.4, 0.5) is 13.2 Å². The van der Waals surface area contributed by atoms with Gasteiger partial charge >= 0.3 is 6.18 Å². The first-order chi connectivity index (χ1) is 6.98. The molecule has 16 heavy (non-hydrogen) atoms. The maximum Gasteiger partial charge on any atom is 0.416 e. The summed E-state index contributed by atoms with van der Waals surface area (Å²) in [6.45, 7) is 0. The second kappa shape index (κ2) is 4.63. The molecule has 1 nitrogen and oxygen atoms in total. The van der Waals surface area contributed by atoms with Gasteiger partial charge in [0.05, 0.1) is 5.56 Å². The molecule has 0 amide bonds. The van der Waals surface area contributed by atoms with Crippen LogP contribution in [0.25, 0.3) is 0 Å². The number of hydrogen-bond donors (Lipinski definition) is 1. The monoisotopic (exact) mass is 251 g/mol. The normalized spacial score (nSPS) is 17.8. The van der Waals surface area contributed by atoms with E-state index < -0.39 is 11.7 Å². The lowest BCUT2D eigenvalue weighted by atomic mass is 10.0. The van der Waals surface area contributed by atoms with Gasteiger partial charge < -0.3 is 5.73 Å². The molecule has 1 fully saturated rings. The number of rotatable bonds is 2. The molecule has 1 atom stereocenters. The summed E-state index contributed by atoms with van der Waals surface area (Å²) in [6, 6.07) is 5.07. The molecule has 0 unspecified atom stereocenters. The summed E-state index contributed by atoms with van der Waals surface area (Å²) in [5.74, 6) is 0.369.